The van der Waals surface area contributed by atoms with Crippen molar-refractivity contribution in [2.24, 2.45) is 0 Å². The molecule has 0 saturated heterocycles. The molecule has 0 heterocycles. The molecule has 0 aliphatic heterocycles. The first-order valence-corrected chi connectivity index (χ1v) is 4.16. The number of benzene rings is 1. The van der Waals surface area contributed by atoms with Crippen LogP contribution in [0.3, 0.4) is 0 Å². The van der Waals surface area contributed by atoms with E-state index in [9.17, 15) is 0 Å². The third-order valence-corrected chi connectivity index (χ3v) is 1.74. The minimum absolute atomic E-state index is 0.118. The Balaban J connectivity index is 2.58. The molecule has 2 N–H and O–H groups in total. The summed E-state index contributed by atoms with van der Waals surface area (Å²) in [6.07, 6.45) is 0. The van der Waals surface area contributed by atoms with Crippen molar-refractivity contribution in [2.75, 3.05) is 11.9 Å². The molecule has 1 rings (SSSR count). The predicted octanol–water partition coefficient (Wildman–Crippen LogP) is 1.79. The van der Waals surface area contributed by atoms with E-state index in [1.807, 2.05) is 31.2 Å². The molecule has 1 aromatic carbocycles. The standard InChI is InChI=1S/C10H15NO/c1-8-3-5-10(6-4-8)11-9(2)7-12/h3-6,9,11-12H,7H2,1-2H3. The van der Waals surface area contributed by atoms with Crippen LogP contribution in [0.4, 0.5) is 5.69 Å². The predicted molar refractivity (Wildman–Crippen MR) is 51.3 cm³/mol. The van der Waals surface area contributed by atoms with Gasteiger partial charge in [0, 0.05) is 11.7 Å². The number of aliphatic hydroxyl groups excluding tert-OH is 1. The highest BCUT2D eigenvalue weighted by Gasteiger charge is 1.97. The van der Waals surface area contributed by atoms with Crippen molar-refractivity contribution in [1.29, 1.82) is 0 Å². The van der Waals surface area contributed by atoms with Crippen LogP contribution in [0.15, 0.2) is 24.3 Å². The van der Waals surface area contributed by atoms with Gasteiger partial charge < -0.3 is 10.4 Å². The summed E-state index contributed by atoms with van der Waals surface area (Å²) in [5.41, 5.74) is 2.30. The van der Waals surface area contributed by atoms with Crippen molar-refractivity contribution >= 4 is 5.69 Å². The molecule has 66 valence electrons. The Labute approximate surface area is 73.2 Å². The van der Waals surface area contributed by atoms with Gasteiger partial charge in [0.1, 0.15) is 0 Å². The summed E-state index contributed by atoms with van der Waals surface area (Å²) in [6.45, 7) is 4.16. The lowest BCUT2D eigenvalue weighted by molar-refractivity contribution is 0.281. The molecular weight excluding hydrogens is 150 g/mol. The topological polar surface area (TPSA) is 32.3 Å². The number of hydrogen-bond donors (Lipinski definition) is 2. The van der Waals surface area contributed by atoms with Crippen LogP contribution in [0.5, 0.6) is 0 Å². The summed E-state index contributed by atoms with van der Waals surface area (Å²) >= 11 is 0. The smallest absolute Gasteiger partial charge is 0.0630 e. The van der Waals surface area contributed by atoms with Crippen LogP contribution in [0.25, 0.3) is 0 Å². The monoisotopic (exact) mass is 165 g/mol. The lowest BCUT2D eigenvalue weighted by Gasteiger charge is -2.11. The summed E-state index contributed by atoms with van der Waals surface area (Å²) in [7, 11) is 0. The van der Waals surface area contributed by atoms with E-state index in [-0.39, 0.29) is 12.6 Å². The number of rotatable bonds is 3. The number of nitrogens with one attached hydrogen (secondary N) is 1. The Kier molecular flexibility index (Phi) is 3.11. The maximum absolute atomic E-state index is 8.79. The van der Waals surface area contributed by atoms with E-state index in [1.54, 1.807) is 0 Å². The lowest BCUT2D eigenvalue weighted by Crippen LogP contribution is -2.18. The van der Waals surface area contributed by atoms with Gasteiger partial charge in [-0.1, -0.05) is 17.7 Å². The first-order chi connectivity index (χ1) is 5.72. The summed E-state index contributed by atoms with van der Waals surface area (Å²) in [6, 6.07) is 8.25. The van der Waals surface area contributed by atoms with Crippen LogP contribution in [0.2, 0.25) is 0 Å². The molecule has 0 aliphatic carbocycles. The average molecular weight is 165 g/mol. The van der Waals surface area contributed by atoms with Gasteiger partial charge >= 0.3 is 0 Å². The average Bonchev–Trinajstić information content (AvgIpc) is 2.09. The van der Waals surface area contributed by atoms with Crippen molar-refractivity contribution in [3.8, 4) is 0 Å². The maximum atomic E-state index is 8.79. The Morgan fingerprint density at radius 1 is 1.33 bits per heavy atom. The zero-order valence-electron chi connectivity index (χ0n) is 7.54. The molecule has 1 atom stereocenters. The molecule has 2 nitrogen and oxygen atoms in total. The van der Waals surface area contributed by atoms with Gasteiger partial charge in [-0.05, 0) is 26.0 Å². The fourth-order valence-electron chi connectivity index (χ4n) is 0.980. The van der Waals surface area contributed by atoms with Crippen molar-refractivity contribution in [2.45, 2.75) is 19.9 Å². The Bertz CT molecular complexity index is 230. The molecule has 0 fully saturated rings. The number of aryl methyl sites for hydroxylation is 1. The van der Waals surface area contributed by atoms with Crippen molar-refractivity contribution in [1.82, 2.24) is 0 Å². The molecule has 0 saturated carbocycles. The zero-order valence-corrected chi connectivity index (χ0v) is 7.54. The van der Waals surface area contributed by atoms with Gasteiger partial charge in [0.2, 0.25) is 0 Å². The van der Waals surface area contributed by atoms with Crippen LogP contribution in [0.1, 0.15) is 12.5 Å². The summed E-state index contributed by atoms with van der Waals surface area (Å²) in [4.78, 5) is 0. The molecule has 0 bridgehead atoms. The summed E-state index contributed by atoms with van der Waals surface area (Å²) in [5.74, 6) is 0. The normalized spacial score (nSPS) is 12.6. The van der Waals surface area contributed by atoms with E-state index in [2.05, 4.69) is 12.2 Å². The van der Waals surface area contributed by atoms with Gasteiger partial charge in [-0.2, -0.15) is 0 Å². The van der Waals surface area contributed by atoms with Crippen LogP contribution in [-0.2, 0) is 0 Å². The minimum atomic E-state index is 0.118. The molecule has 1 unspecified atom stereocenters. The van der Waals surface area contributed by atoms with Crippen molar-refractivity contribution < 1.29 is 5.11 Å². The summed E-state index contributed by atoms with van der Waals surface area (Å²) < 4.78 is 0. The Hall–Kier alpha value is -1.02. The van der Waals surface area contributed by atoms with Crippen LogP contribution in [-0.4, -0.2) is 17.8 Å². The fraction of sp³-hybridized carbons (Fsp3) is 0.400. The van der Waals surface area contributed by atoms with Gasteiger partial charge in [0.25, 0.3) is 0 Å². The van der Waals surface area contributed by atoms with E-state index < -0.39 is 0 Å². The lowest BCUT2D eigenvalue weighted by atomic mass is 10.2. The maximum Gasteiger partial charge on any atom is 0.0630 e. The minimum Gasteiger partial charge on any atom is -0.394 e. The summed E-state index contributed by atoms with van der Waals surface area (Å²) in [5, 5.41) is 12.0. The van der Waals surface area contributed by atoms with Crippen LogP contribution >= 0.6 is 0 Å². The van der Waals surface area contributed by atoms with Gasteiger partial charge in [0.15, 0.2) is 0 Å². The van der Waals surface area contributed by atoms with E-state index in [4.69, 9.17) is 5.11 Å². The Morgan fingerprint density at radius 2 is 1.92 bits per heavy atom. The van der Waals surface area contributed by atoms with Crippen molar-refractivity contribution in [3.05, 3.63) is 29.8 Å². The molecule has 12 heavy (non-hydrogen) atoms. The molecule has 0 amide bonds. The van der Waals surface area contributed by atoms with Gasteiger partial charge in [-0.15, -0.1) is 0 Å². The zero-order chi connectivity index (χ0) is 8.97. The molecular formula is C10H15NO. The number of hydrogen-bond acceptors (Lipinski definition) is 2. The van der Waals surface area contributed by atoms with Gasteiger partial charge in [0.05, 0.1) is 6.61 Å². The van der Waals surface area contributed by atoms with E-state index in [0.717, 1.165) is 5.69 Å². The highest BCUT2D eigenvalue weighted by atomic mass is 16.3. The number of aliphatic hydroxyl groups is 1. The first kappa shape index (κ1) is 9.07. The number of anilines is 1. The SMILES string of the molecule is Cc1ccc(NC(C)CO)cc1. The molecule has 0 spiro atoms. The second-order valence-corrected chi connectivity index (χ2v) is 3.09. The molecule has 2 heteroatoms. The molecule has 0 radical (unpaired) electrons. The van der Waals surface area contributed by atoms with E-state index >= 15 is 0 Å². The molecule has 0 aromatic heterocycles. The molecule has 0 aliphatic rings. The molecule has 1 aromatic rings. The second-order valence-electron chi connectivity index (χ2n) is 3.09. The van der Waals surface area contributed by atoms with Gasteiger partial charge in [-0.25, -0.2) is 0 Å². The third kappa shape index (κ3) is 2.55. The third-order valence-electron chi connectivity index (χ3n) is 1.74. The largest absolute Gasteiger partial charge is 0.394 e. The van der Waals surface area contributed by atoms with Crippen LogP contribution in [0, 0.1) is 6.92 Å². The second kappa shape index (κ2) is 4.12. The highest BCUT2D eigenvalue weighted by Crippen LogP contribution is 2.09. The Morgan fingerprint density at radius 3 is 2.42 bits per heavy atom. The van der Waals surface area contributed by atoms with E-state index in [1.165, 1.54) is 5.56 Å². The van der Waals surface area contributed by atoms with Crippen molar-refractivity contribution in [3.63, 3.8) is 0 Å². The van der Waals surface area contributed by atoms with Gasteiger partial charge in [-0.3, -0.25) is 0 Å². The quantitative estimate of drug-likeness (QED) is 0.715. The van der Waals surface area contributed by atoms with E-state index in [0.29, 0.717) is 0 Å². The fourth-order valence-corrected chi connectivity index (χ4v) is 0.980. The first-order valence-electron chi connectivity index (χ1n) is 4.16. The highest BCUT2D eigenvalue weighted by molar-refractivity contribution is 5.44. The van der Waals surface area contributed by atoms with Crippen LogP contribution < -0.4 is 5.32 Å².